The van der Waals surface area contributed by atoms with Gasteiger partial charge in [0.15, 0.2) is 0 Å². The Morgan fingerprint density at radius 2 is 1.92 bits per heavy atom. The molecule has 7 nitrogen and oxygen atoms in total. The van der Waals surface area contributed by atoms with E-state index in [-0.39, 0.29) is 11.8 Å². The van der Waals surface area contributed by atoms with Gasteiger partial charge in [-0.3, -0.25) is 9.69 Å². The highest BCUT2D eigenvalue weighted by atomic mass is 16.5. The van der Waals surface area contributed by atoms with Gasteiger partial charge < -0.3 is 20.1 Å². The second-order valence-corrected chi connectivity index (χ2v) is 6.19. The monoisotopic (exact) mass is 334 g/mol. The second-order valence-electron chi connectivity index (χ2n) is 6.19. The zero-order chi connectivity index (χ0) is 16.6. The van der Waals surface area contributed by atoms with Crippen molar-refractivity contribution >= 4 is 17.4 Å². The van der Waals surface area contributed by atoms with E-state index < -0.39 is 0 Å². The minimum Gasteiger partial charge on any atom is -0.381 e. The van der Waals surface area contributed by atoms with Crippen molar-refractivity contribution < 1.29 is 14.3 Å². The highest BCUT2D eigenvalue weighted by molar-refractivity contribution is 5.92. The van der Waals surface area contributed by atoms with E-state index in [1.165, 1.54) is 0 Å². The van der Waals surface area contributed by atoms with Gasteiger partial charge >= 0.3 is 0 Å². The summed E-state index contributed by atoms with van der Waals surface area (Å²) in [6, 6.07) is 3.79. The molecule has 3 rings (SSSR count). The van der Waals surface area contributed by atoms with Crippen molar-refractivity contribution in [3.8, 4) is 0 Å². The minimum absolute atomic E-state index is 0.0464. The lowest BCUT2D eigenvalue weighted by molar-refractivity contribution is -0.122. The molecule has 3 heterocycles. The third kappa shape index (κ3) is 5.15. The van der Waals surface area contributed by atoms with Gasteiger partial charge in [-0.25, -0.2) is 4.98 Å². The van der Waals surface area contributed by atoms with Crippen LogP contribution < -0.4 is 10.6 Å². The highest BCUT2D eigenvalue weighted by Crippen LogP contribution is 2.18. The van der Waals surface area contributed by atoms with Crippen molar-refractivity contribution in [2.45, 2.75) is 12.8 Å². The molecule has 7 heteroatoms. The van der Waals surface area contributed by atoms with Gasteiger partial charge in [-0.15, -0.1) is 0 Å². The van der Waals surface area contributed by atoms with Crippen LogP contribution in [0.4, 0.5) is 11.5 Å². The van der Waals surface area contributed by atoms with Crippen molar-refractivity contribution in [1.29, 1.82) is 0 Å². The van der Waals surface area contributed by atoms with E-state index in [1.54, 1.807) is 6.20 Å². The van der Waals surface area contributed by atoms with Crippen molar-refractivity contribution in [2.75, 3.05) is 63.2 Å². The lowest BCUT2D eigenvalue weighted by Crippen LogP contribution is -2.39. The molecule has 2 fully saturated rings. The maximum atomic E-state index is 12.2. The van der Waals surface area contributed by atoms with E-state index in [0.29, 0.717) is 13.2 Å². The molecule has 0 atom stereocenters. The zero-order valence-corrected chi connectivity index (χ0v) is 14.0. The van der Waals surface area contributed by atoms with Gasteiger partial charge in [-0.05, 0) is 25.0 Å². The molecule has 1 aromatic rings. The number of pyridine rings is 1. The number of carbonyl (C=O) groups is 1. The smallest absolute Gasteiger partial charge is 0.227 e. The summed E-state index contributed by atoms with van der Waals surface area (Å²) >= 11 is 0. The van der Waals surface area contributed by atoms with Crippen LogP contribution in [0, 0.1) is 5.92 Å². The van der Waals surface area contributed by atoms with E-state index in [1.807, 2.05) is 12.1 Å². The maximum Gasteiger partial charge on any atom is 0.227 e. The van der Waals surface area contributed by atoms with E-state index >= 15 is 0 Å². The van der Waals surface area contributed by atoms with Gasteiger partial charge in [0, 0.05) is 45.3 Å². The van der Waals surface area contributed by atoms with Crippen LogP contribution in [0.1, 0.15) is 12.8 Å². The van der Waals surface area contributed by atoms with E-state index in [2.05, 4.69) is 20.5 Å². The quantitative estimate of drug-likeness (QED) is 0.814. The lowest BCUT2D eigenvalue weighted by Gasteiger charge is -2.26. The first-order chi connectivity index (χ1) is 11.8. The average molecular weight is 334 g/mol. The number of ether oxygens (including phenoxy) is 2. The molecular formula is C17H26N4O3. The Morgan fingerprint density at radius 3 is 2.62 bits per heavy atom. The van der Waals surface area contributed by atoms with Gasteiger partial charge in [0.2, 0.25) is 5.91 Å². The van der Waals surface area contributed by atoms with E-state index in [9.17, 15) is 4.79 Å². The summed E-state index contributed by atoms with van der Waals surface area (Å²) in [6.45, 7) is 6.79. The molecule has 2 N–H and O–H groups in total. The molecule has 0 saturated carbocycles. The van der Waals surface area contributed by atoms with Crippen LogP contribution in [0.5, 0.6) is 0 Å². The number of aromatic nitrogens is 1. The number of hydrogen-bond acceptors (Lipinski definition) is 6. The molecule has 1 aromatic heterocycles. The number of hydrogen-bond donors (Lipinski definition) is 2. The van der Waals surface area contributed by atoms with Crippen molar-refractivity contribution in [1.82, 2.24) is 9.88 Å². The molecule has 0 spiro atoms. The highest BCUT2D eigenvalue weighted by Gasteiger charge is 2.21. The number of morpholine rings is 1. The Hall–Kier alpha value is -1.70. The summed E-state index contributed by atoms with van der Waals surface area (Å²) < 4.78 is 10.6. The number of nitrogens with one attached hydrogen (secondary N) is 2. The summed E-state index contributed by atoms with van der Waals surface area (Å²) in [7, 11) is 0. The average Bonchev–Trinajstić information content (AvgIpc) is 2.65. The Labute approximate surface area is 142 Å². The summed E-state index contributed by atoms with van der Waals surface area (Å²) in [4.78, 5) is 18.9. The predicted molar refractivity (Wildman–Crippen MR) is 92.2 cm³/mol. The first-order valence-corrected chi connectivity index (χ1v) is 8.70. The Morgan fingerprint density at radius 1 is 1.17 bits per heavy atom. The van der Waals surface area contributed by atoms with Crippen LogP contribution in [0.3, 0.4) is 0 Å². The maximum absolute atomic E-state index is 12.2. The standard InChI is InChI=1S/C17H26N4O3/c22-17(14-3-9-23-10-4-14)20-15-1-2-16(19-13-15)18-5-6-21-7-11-24-12-8-21/h1-2,13-14H,3-12H2,(H,18,19)(H,20,22). The number of amides is 1. The molecule has 0 bridgehead atoms. The summed E-state index contributed by atoms with van der Waals surface area (Å²) in [5.74, 6) is 0.936. The number of rotatable bonds is 6. The molecule has 2 saturated heterocycles. The van der Waals surface area contributed by atoms with Crippen molar-refractivity contribution in [2.24, 2.45) is 5.92 Å². The molecule has 2 aliphatic rings. The molecule has 0 unspecified atom stereocenters. The molecular weight excluding hydrogens is 308 g/mol. The SMILES string of the molecule is O=C(Nc1ccc(NCCN2CCOCC2)nc1)C1CCOCC1. The third-order valence-corrected chi connectivity index (χ3v) is 4.46. The minimum atomic E-state index is 0.0464. The number of carbonyl (C=O) groups excluding carboxylic acids is 1. The molecule has 0 radical (unpaired) electrons. The topological polar surface area (TPSA) is 75.7 Å². The zero-order valence-electron chi connectivity index (χ0n) is 14.0. The first kappa shape index (κ1) is 17.1. The molecule has 0 aromatic carbocycles. The van der Waals surface area contributed by atoms with Crippen LogP contribution in [-0.2, 0) is 14.3 Å². The fourth-order valence-corrected chi connectivity index (χ4v) is 2.94. The second kappa shape index (κ2) is 8.96. The normalized spacial score (nSPS) is 19.8. The first-order valence-electron chi connectivity index (χ1n) is 8.70. The summed E-state index contributed by atoms with van der Waals surface area (Å²) in [6.07, 6.45) is 3.29. The predicted octanol–water partition coefficient (Wildman–Crippen LogP) is 1.19. The van der Waals surface area contributed by atoms with Crippen LogP contribution in [0.15, 0.2) is 18.3 Å². The van der Waals surface area contributed by atoms with Crippen molar-refractivity contribution in [3.63, 3.8) is 0 Å². The van der Waals surface area contributed by atoms with E-state index in [4.69, 9.17) is 9.47 Å². The van der Waals surface area contributed by atoms with Gasteiger partial charge in [0.05, 0.1) is 25.1 Å². The number of anilines is 2. The van der Waals surface area contributed by atoms with Gasteiger partial charge in [-0.2, -0.15) is 0 Å². The van der Waals surface area contributed by atoms with E-state index in [0.717, 1.165) is 63.7 Å². The van der Waals surface area contributed by atoms with Crippen LogP contribution in [-0.4, -0.2) is 68.4 Å². The lowest BCUT2D eigenvalue weighted by atomic mass is 9.99. The largest absolute Gasteiger partial charge is 0.381 e. The Kier molecular flexibility index (Phi) is 6.40. The summed E-state index contributed by atoms with van der Waals surface area (Å²) in [5.41, 5.74) is 0.741. The van der Waals surface area contributed by atoms with Crippen molar-refractivity contribution in [3.05, 3.63) is 18.3 Å². The fraction of sp³-hybridized carbons (Fsp3) is 0.647. The summed E-state index contributed by atoms with van der Waals surface area (Å²) in [5, 5.41) is 6.25. The van der Waals surface area contributed by atoms with Gasteiger partial charge in [0.25, 0.3) is 0 Å². The third-order valence-electron chi connectivity index (χ3n) is 4.46. The molecule has 132 valence electrons. The van der Waals surface area contributed by atoms with Gasteiger partial charge in [0.1, 0.15) is 5.82 Å². The van der Waals surface area contributed by atoms with Gasteiger partial charge in [-0.1, -0.05) is 0 Å². The molecule has 1 amide bonds. The Balaban J connectivity index is 1.40. The molecule has 2 aliphatic heterocycles. The van der Waals surface area contributed by atoms with Crippen LogP contribution in [0.25, 0.3) is 0 Å². The van der Waals surface area contributed by atoms with Crippen LogP contribution >= 0.6 is 0 Å². The fourth-order valence-electron chi connectivity index (χ4n) is 2.94. The number of nitrogens with zero attached hydrogens (tertiary/aromatic N) is 2. The molecule has 0 aliphatic carbocycles. The molecule has 24 heavy (non-hydrogen) atoms. The Bertz CT molecular complexity index is 511. The van der Waals surface area contributed by atoms with Crippen LogP contribution in [0.2, 0.25) is 0 Å².